The molecule has 1 aromatic heterocycles. The Morgan fingerprint density at radius 3 is 2.75 bits per heavy atom. The van der Waals surface area contributed by atoms with Crippen LogP contribution >= 0.6 is 11.3 Å². The lowest BCUT2D eigenvalue weighted by molar-refractivity contribution is 0.0626. The summed E-state index contributed by atoms with van der Waals surface area (Å²) >= 11 is 1.11. The summed E-state index contributed by atoms with van der Waals surface area (Å²) in [5.41, 5.74) is 0.806. The molecule has 0 spiro atoms. The van der Waals surface area contributed by atoms with Crippen LogP contribution in [0, 0.1) is 6.92 Å². The first-order valence-corrected chi connectivity index (χ1v) is 9.14. The SMILES string of the molecule is Cc1cc(S(=O)(=O)NCCOC2CCCC2)sc1CO. The van der Waals surface area contributed by atoms with Gasteiger partial charge in [-0.1, -0.05) is 12.8 Å². The predicted molar refractivity (Wildman–Crippen MR) is 78.4 cm³/mol. The lowest BCUT2D eigenvalue weighted by Gasteiger charge is -2.11. The molecule has 1 aliphatic rings. The molecule has 2 N–H and O–H groups in total. The van der Waals surface area contributed by atoms with Crippen LogP contribution in [0.15, 0.2) is 10.3 Å². The van der Waals surface area contributed by atoms with Crippen molar-refractivity contribution >= 4 is 21.4 Å². The fraction of sp³-hybridized carbons (Fsp3) is 0.692. The van der Waals surface area contributed by atoms with Crippen molar-refractivity contribution in [2.24, 2.45) is 0 Å². The molecule has 0 saturated heterocycles. The summed E-state index contributed by atoms with van der Waals surface area (Å²) in [5.74, 6) is 0. The van der Waals surface area contributed by atoms with Crippen molar-refractivity contribution in [3.8, 4) is 0 Å². The molecule has 0 radical (unpaired) electrons. The Bertz CT molecular complexity index is 533. The van der Waals surface area contributed by atoms with E-state index in [0.717, 1.165) is 29.7 Å². The largest absolute Gasteiger partial charge is 0.391 e. The van der Waals surface area contributed by atoms with Crippen LogP contribution in [-0.2, 0) is 21.4 Å². The van der Waals surface area contributed by atoms with Crippen LogP contribution in [-0.4, -0.2) is 32.8 Å². The minimum atomic E-state index is -3.49. The van der Waals surface area contributed by atoms with E-state index in [1.54, 1.807) is 13.0 Å². The number of hydrogen-bond donors (Lipinski definition) is 2. The van der Waals surface area contributed by atoms with E-state index in [1.807, 2.05) is 0 Å². The van der Waals surface area contributed by atoms with Gasteiger partial charge in [0.1, 0.15) is 4.21 Å². The van der Waals surface area contributed by atoms with Crippen molar-refractivity contribution < 1.29 is 18.3 Å². The minimum Gasteiger partial charge on any atom is -0.391 e. The summed E-state index contributed by atoms with van der Waals surface area (Å²) < 4.78 is 32.6. The van der Waals surface area contributed by atoms with Crippen LogP contribution in [0.4, 0.5) is 0 Å². The van der Waals surface area contributed by atoms with Gasteiger partial charge >= 0.3 is 0 Å². The number of hydrogen-bond acceptors (Lipinski definition) is 5. The summed E-state index contributed by atoms with van der Waals surface area (Å²) in [6.07, 6.45) is 4.86. The third-order valence-electron chi connectivity index (χ3n) is 3.46. The molecule has 114 valence electrons. The molecule has 1 saturated carbocycles. The molecule has 1 fully saturated rings. The number of rotatable bonds is 7. The average Bonchev–Trinajstić information content (AvgIpc) is 3.04. The normalized spacial score (nSPS) is 16.9. The molecule has 0 aromatic carbocycles. The fourth-order valence-electron chi connectivity index (χ4n) is 2.31. The average molecular weight is 319 g/mol. The van der Waals surface area contributed by atoms with Gasteiger partial charge in [0.05, 0.1) is 19.3 Å². The molecule has 0 atom stereocenters. The van der Waals surface area contributed by atoms with Crippen molar-refractivity contribution in [3.63, 3.8) is 0 Å². The monoisotopic (exact) mass is 319 g/mol. The molecular formula is C13H21NO4S2. The van der Waals surface area contributed by atoms with E-state index < -0.39 is 10.0 Å². The molecule has 2 rings (SSSR count). The number of ether oxygens (including phenoxy) is 1. The van der Waals surface area contributed by atoms with Gasteiger partial charge in [-0.05, 0) is 31.4 Å². The number of aryl methyl sites for hydroxylation is 1. The van der Waals surface area contributed by atoms with Crippen molar-refractivity contribution in [2.75, 3.05) is 13.2 Å². The number of thiophene rings is 1. The van der Waals surface area contributed by atoms with E-state index >= 15 is 0 Å². The predicted octanol–water partition coefficient (Wildman–Crippen LogP) is 1.79. The third-order valence-corrected chi connectivity index (χ3v) is 6.61. The topological polar surface area (TPSA) is 75.6 Å². The van der Waals surface area contributed by atoms with Gasteiger partial charge in [-0.15, -0.1) is 11.3 Å². The molecule has 7 heteroatoms. The Morgan fingerprint density at radius 2 is 2.15 bits per heavy atom. The molecule has 1 aliphatic carbocycles. The lowest BCUT2D eigenvalue weighted by atomic mass is 10.3. The first-order valence-electron chi connectivity index (χ1n) is 6.84. The van der Waals surface area contributed by atoms with Crippen LogP contribution in [0.3, 0.4) is 0 Å². The van der Waals surface area contributed by atoms with Gasteiger partial charge < -0.3 is 9.84 Å². The van der Waals surface area contributed by atoms with Crippen LogP contribution in [0.5, 0.6) is 0 Å². The Balaban J connectivity index is 1.83. The van der Waals surface area contributed by atoms with E-state index in [1.165, 1.54) is 12.8 Å². The van der Waals surface area contributed by atoms with Gasteiger partial charge in [0.15, 0.2) is 0 Å². The highest BCUT2D eigenvalue weighted by Crippen LogP contribution is 2.25. The zero-order valence-electron chi connectivity index (χ0n) is 11.6. The maximum Gasteiger partial charge on any atom is 0.250 e. The minimum absolute atomic E-state index is 0.128. The van der Waals surface area contributed by atoms with E-state index in [9.17, 15) is 8.42 Å². The molecular weight excluding hydrogens is 298 g/mol. The molecule has 5 nitrogen and oxygen atoms in total. The van der Waals surface area contributed by atoms with E-state index in [0.29, 0.717) is 17.6 Å². The highest BCUT2D eigenvalue weighted by Gasteiger charge is 2.19. The van der Waals surface area contributed by atoms with Gasteiger partial charge in [0.2, 0.25) is 10.0 Å². The number of sulfonamides is 1. The standard InChI is InChI=1S/C13H21NO4S2/c1-10-8-13(19-12(10)9-15)20(16,17)14-6-7-18-11-4-2-3-5-11/h8,11,14-15H,2-7,9H2,1H3. The van der Waals surface area contributed by atoms with E-state index in [2.05, 4.69) is 4.72 Å². The van der Waals surface area contributed by atoms with Crippen LogP contribution in [0.1, 0.15) is 36.1 Å². The highest BCUT2D eigenvalue weighted by atomic mass is 32.2. The van der Waals surface area contributed by atoms with Crippen molar-refractivity contribution in [1.82, 2.24) is 4.72 Å². The second kappa shape index (κ2) is 7.00. The molecule has 0 amide bonds. The van der Waals surface area contributed by atoms with E-state index in [-0.39, 0.29) is 17.4 Å². The van der Waals surface area contributed by atoms with Gasteiger partial charge in [0, 0.05) is 11.4 Å². The molecule has 1 heterocycles. The van der Waals surface area contributed by atoms with Crippen molar-refractivity contribution in [1.29, 1.82) is 0 Å². The summed E-state index contributed by atoms with van der Waals surface area (Å²) in [6.45, 7) is 2.35. The van der Waals surface area contributed by atoms with Crippen LogP contribution in [0.25, 0.3) is 0 Å². The maximum absolute atomic E-state index is 12.1. The number of aliphatic hydroxyl groups excluding tert-OH is 1. The Kier molecular flexibility index (Phi) is 5.57. The van der Waals surface area contributed by atoms with Gasteiger partial charge in [0.25, 0.3) is 0 Å². The quantitative estimate of drug-likeness (QED) is 0.751. The number of aliphatic hydroxyl groups is 1. The molecule has 20 heavy (non-hydrogen) atoms. The molecule has 0 bridgehead atoms. The number of nitrogens with one attached hydrogen (secondary N) is 1. The molecule has 1 aromatic rings. The van der Waals surface area contributed by atoms with Gasteiger partial charge in [-0.2, -0.15) is 0 Å². The fourth-order valence-corrected chi connectivity index (χ4v) is 4.81. The summed E-state index contributed by atoms with van der Waals surface area (Å²) in [7, 11) is -3.49. The second-order valence-electron chi connectivity index (χ2n) is 5.00. The van der Waals surface area contributed by atoms with Gasteiger partial charge in [-0.25, -0.2) is 13.1 Å². The van der Waals surface area contributed by atoms with Crippen LogP contribution < -0.4 is 4.72 Å². The maximum atomic E-state index is 12.1. The first kappa shape index (κ1) is 15.9. The second-order valence-corrected chi connectivity index (χ2v) is 8.14. The van der Waals surface area contributed by atoms with Crippen LogP contribution in [0.2, 0.25) is 0 Å². The Hall–Kier alpha value is -0.470. The van der Waals surface area contributed by atoms with Gasteiger partial charge in [-0.3, -0.25) is 0 Å². The zero-order valence-corrected chi connectivity index (χ0v) is 13.2. The summed E-state index contributed by atoms with van der Waals surface area (Å²) in [4.78, 5) is 0.688. The summed E-state index contributed by atoms with van der Waals surface area (Å²) in [6, 6.07) is 1.59. The first-order chi connectivity index (χ1) is 9.53. The lowest BCUT2D eigenvalue weighted by Crippen LogP contribution is -2.28. The van der Waals surface area contributed by atoms with E-state index in [4.69, 9.17) is 9.84 Å². The third kappa shape index (κ3) is 4.02. The van der Waals surface area contributed by atoms with Crippen molar-refractivity contribution in [2.45, 2.75) is 49.5 Å². The molecule has 0 unspecified atom stereocenters. The molecule has 0 aliphatic heterocycles. The summed E-state index contributed by atoms with van der Waals surface area (Å²) in [5, 5.41) is 9.11. The van der Waals surface area contributed by atoms with Crippen molar-refractivity contribution in [3.05, 3.63) is 16.5 Å². The smallest absolute Gasteiger partial charge is 0.250 e. The Labute approximate surface area is 124 Å². The zero-order chi connectivity index (χ0) is 14.6. The Morgan fingerprint density at radius 1 is 1.45 bits per heavy atom. The highest BCUT2D eigenvalue weighted by molar-refractivity contribution is 7.91.